The molecule has 77 heavy (non-hydrogen) atoms. The maximum atomic E-state index is 12.6. The highest BCUT2D eigenvalue weighted by molar-refractivity contribution is 7.47. The average molecular weight is 1100 g/mol. The zero-order valence-electron chi connectivity index (χ0n) is 50.2. The van der Waals surface area contributed by atoms with Crippen molar-refractivity contribution in [3.05, 3.63) is 72.9 Å². The summed E-state index contributed by atoms with van der Waals surface area (Å²) in [5.41, 5.74) is 5.37. The Labute approximate surface area is 475 Å². The second kappa shape index (κ2) is 62.6. The first-order valence-electron chi connectivity index (χ1n) is 32.4. The lowest BCUT2D eigenvalue weighted by Crippen LogP contribution is -2.29. The second-order valence-electron chi connectivity index (χ2n) is 21.6. The van der Waals surface area contributed by atoms with Gasteiger partial charge in [0.2, 0.25) is 0 Å². The molecule has 0 bridgehead atoms. The van der Waals surface area contributed by atoms with Crippen LogP contribution < -0.4 is 5.73 Å². The number of rotatable bonds is 61. The largest absolute Gasteiger partial charge is 0.472 e. The molecule has 0 spiro atoms. The molecule has 0 aliphatic heterocycles. The number of phosphoric ester groups is 1. The molecule has 0 amide bonds. The summed E-state index contributed by atoms with van der Waals surface area (Å²) in [6.07, 6.45) is 81.7. The highest BCUT2D eigenvalue weighted by atomic mass is 31.2. The summed E-state index contributed by atoms with van der Waals surface area (Å²) in [5, 5.41) is 0. The van der Waals surface area contributed by atoms with Gasteiger partial charge in [-0.2, -0.15) is 0 Å². The molecule has 3 N–H and O–H groups in total. The molecule has 0 heterocycles. The molecule has 0 saturated carbocycles. The SMILES string of the molecule is CC/C=C\C/C=C\C/C=C\C/C=C\CCCCC(=O)OC(COC(=O)CCCCCCCCCCCCCCCCCCCCCCCCCCCCCCC/C=C\C/C=C\CCCCCCC)COP(=O)(O)OCCN. The number of hydrogen-bond donors (Lipinski definition) is 2. The van der Waals surface area contributed by atoms with Crippen molar-refractivity contribution in [2.75, 3.05) is 26.4 Å². The Kier molecular flexibility index (Phi) is 60.6. The number of hydrogen-bond acceptors (Lipinski definition) is 8. The molecular formula is C67H122NO8P. The maximum Gasteiger partial charge on any atom is 0.472 e. The predicted octanol–water partition coefficient (Wildman–Crippen LogP) is 20.9. The zero-order valence-corrected chi connectivity index (χ0v) is 51.1. The van der Waals surface area contributed by atoms with E-state index in [-0.39, 0.29) is 38.6 Å². The first-order valence-corrected chi connectivity index (χ1v) is 33.9. The third kappa shape index (κ3) is 62.5. The molecule has 0 aliphatic rings. The first-order chi connectivity index (χ1) is 37.8. The Hall–Kier alpha value is -2.55. The summed E-state index contributed by atoms with van der Waals surface area (Å²) >= 11 is 0. The van der Waals surface area contributed by atoms with E-state index in [0.29, 0.717) is 6.42 Å². The van der Waals surface area contributed by atoms with Crippen molar-refractivity contribution in [1.82, 2.24) is 0 Å². The topological polar surface area (TPSA) is 134 Å². The van der Waals surface area contributed by atoms with Crippen LogP contribution in [0.4, 0.5) is 0 Å². The van der Waals surface area contributed by atoms with Gasteiger partial charge in [0.05, 0.1) is 13.2 Å². The van der Waals surface area contributed by atoms with Crippen molar-refractivity contribution in [1.29, 1.82) is 0 Å². The molecule has 2 unspecified atom stereocenters. The Morgan fingerprint density at radius 3 is 1.09 bits per heavy atom. The number of allylic oxidation sites excluding steroid dienone is 12. The third-order valence-electron chi connectivity index (χ3n) is 14.1. The van der Waals surface area contributed by atoms with Crippen LogP contribution in [0.3, 0.4) is 0 Å². The van der Waals surface area contributed by atoms with E-state index in [4.69, 9.17) is 24.3 Å². The molecule has 0 aromatic carbocycles. The average Bonchev–Trinajstić information content (AvgIpc) is 3.42. The van der Waals surface area contributed by atoms with Crippen molar-refractivity contribution in [2.24, 2.45) is 5.73 Å². The number of phosphoric acid groups is 1. The fourth-order valence-corrected chi connectivity index (χ4v) is 10.1. The van der Waals surface area contributed by atoms with Crippen LogP contribution in [0.15, 0.2) is 72.9 Å². The fraction of sp³-hybridized carbons (Fsp3) is 0.791. The Balaban J connectivity index is 3.73. The summed E-state index contributed by atoms with van der Waals surface area (Å²) in [4.78, 5) is 35.1. The Bertz CT molecular complexity index is 1490. The Morgan fingerprint density at radius 2 is 0.714 bits per heavy atom. The molecule has 2 atom stereocenters. The van der Waals surface area contributed by atoms with Gasteiger partial charge in [-0.1, -0.05) is 286 Å². The normalized spacial score (nSPS) is 13.5. The minimum absolute atomic E-state index is 0.0453. The molecule has 0 rings (SSSR count). The molecular weight excluding hydrogens is 978 g/mol. The van der Waals surface area contributed by atoms with E-state index in [1.165, 1.54) is 212 Å². The standard InChI is InChI=1S/C67H122NO8P/c1-3-5-7-9-11-13-15-17-19-20-21-22-23-24-25-26-27-28-29-30-31-32-33-34-35-36-37-38-39-40-41-42-43-44-46-47-49-51-53-55-57-59-66(69)73-63-65(64-75-77(71,72)74-62-61-68)76-67(70)60-58-56-54-52-50-48-45-18-16-14-12-10-8-6-4-2/h6,8,12,14-15,17-18,20-21,45,50,52,65H,3-5,7,9-11,13,16,19,22-44,46-49,51,53-64,68H2,1-2H3,(H,71,72)/b8-6-,14-12-,17-15-,21-20-,45-18-,52-50-. The molecule has 0 aromatic heterocycles. The summed E-state index contributed by atoms with van der Waals surface area (Å²) in [7, 11) is -4.40. The van der Waals surface area contributed by atoms with Gasteiger partial charge in [0.1, 0.15) is 6.61 Å². The quantitative estimate of drug-likeness (QED) is 0.0264. The molecule has 10 heteroatoms. The van der Waals surface area contributed by atoms with Gasteiger partial charge < -0.3 is 20.1 Å². The molecule has 9 nitrogen and oxygen atoms in total. The monoisotopic (exact) mass is 1100 g/mol. The number of esters is 2. The van der Waals surface area contributed by atoms with Gasteiger partial charge in [-0.3, -0.25) is 18.6 Å². The number of unbranched alkanes of at least 4 members (excludes halogenated alkanes) is 36. The van der Waals surface area contributed by atoms with Crippen molar-refractivity contribution in [3.8, 4) is 0 Å². The van der Waals surface area contributed by atoms with Crippen LogP contribution in [0.5, 0.6) is 0 Å². The zero-order chi connectivity index (χ0) is 55.9. The number of carbonyl (C=O) groups is 2. The van der Waals surface area contributed by atoms with E-state index >= 15 is 0 Å². The molecule has 0 radical (unpaired) electrons. The molecule has 0 aliphatic carbocycles. The number of nitrogens with two attached hydrogens (primary N) is 1. The van der Waals surface area contributed by atoms with E-state index in [1.54, 1.807) is 0 Å². The van der Waals surface area contributed by atoms with Gasteiger partial charge >= 0.3 is 19.8 Å². The molecule has 448 valence electrons. The van der Waals surface area contributed by atoms with E-state index in [9.17, 15) is 19.0 Å². The predicted molar refractivity (Wildman–Crippen MR) is 330 cm³/mol. The van der Waals surface area contributed by atoms with Crippen molar-refractivity contribution < 1.29 is 37.6 Å². The minimum Gasteiger partial charge on any atom is -0.462 e. The van der Waals surface area contributed by atoms with Crippen molar-refractivity contribution in [2.45, 2.75) is 315 Å². The molecule has 0 fully saturated rings. The summed E-state index contributed by atoms with van der Waals surface area (Å²) in [5.74, 6) is -0.869. The van der Waals surface area contributed by atoms with E-state index in [0.717, 1.165) is 64.2 Å². The van der Waals surface area contributed by atoms with Gasteiger partial charge in [-0.05, 0) is 83.5 Å². The van der Waals surface area contributed by atoms with Gasteiger partial charge in [0, 0.05) is 19.4 Å². The smallest absolute Gasteiger partial charge is 0.462 e. The second-order valence-corrected chi connectivity index (χ2v) is 23.1. The maximum absolute atomic E-state index is 12.6. The van der Waals surface area contributed by atoms with Crippen LogP contribution in [0.2, 0.25) is 0 Å². The lowest BCUT2D eigenvalue weighted by Gasteiger charge is -2.19. The van der Waals surface area contributed by atoms with Crippen molar-refractivity contribution >= 4 is 19.8 Å². The number of ether oxygens (including phenoxy) is 2. The highest BCUT2D eigenvalue weighted by Crippen LogP contribution is 2.43. The minimum atomic E-state index is -4.40. The van der Waals surface area contributed by atoms with Crippen molar-refractivity contribution in [3.63, 3.8) is 0 Å². The van der Waals surface area contributed by atoms with Crippen LogP contribution in [0.25, 0.3) is 0 Å². The highest BCUT2D eigenvalue weighted by Gasteiger charge is 2.26. The summed E-state index contributed by atoms with van der Waals surface area (Å²) in [6, 6.07) is 0. The Morgan fingerprint density at radius 1 is 0.403 bits per heavy atom. The summed E-state index contributed by atoms with van der Waals surface area (Å²) < 4.78 is 32.9. The van der Waals surface area contributed by atoms with E-state index in [1.807, 2.05) is 0 Å². The van der Waals surface area contributed by atoms with Crippen LogP contribution in [0.1, 0.15) is 309 Å². The third-order valence-corrected chi connectivity index (χ3v) is 15.1. The van der Waals surface area contributed by atoms with E-state index in [2.05, 4.69) is 86.8 Å². The van der Waals surface area contributed by atoms with Gasteiger partial charge in [-0.15, -0.1) is 0 Å². The molecule has 0 saturated heterocycles. The number of carbonyl (C=O) groups excluding carboxylic acids is 2. The lowest BCUT2D eigenvalue weighted by atomic mass is 10.0. The molecule has 0 aromatic rings. The lowest BCUT2D eigenvalue weighted by molar-refractivity contribution is -0.161. The van der Waals surface area contributed by atoms with Crippen LogP contribution >= 0.6 is 7.82 Å². The van der Waals surface area contributed by atoms with Crippen LogP contribution in [0, 0.1) is 0 Å². The summed E-state index contributed by atoms with van der Waals surface area (Å²) in [6.45, 7) is 3.59. The van der Waals surface area contributed by atoms with Gasteiger partial charge in [0.25, 0.3) is 0 Å². The van der Waals surface area contributed by atoms with Crippen LogP contribution in [-0.4, -0.2) is 49.3 Å². The van der Waals surface area contributed by atoms with E-state index < -0.39 is 26.5 Å². The van der Waals surface area contributed by atoms with Gasteiger partial charge in [-0.25, -0.2) is 4.57 Å². The fourth-order valence-electron chi connectivity index (χ4n) is 9.31. The van der Waals surface area contributed by atoms with Crippen LogP contribution in [-0.2, 0) is 32.7 Å². The van der Waals surface area contributed by atoms with Gasteiger partial charge in [0.15, 0.2) is 6.10 Å². The first kappa shape index (κ1) is 74.5.